The molecule has 4 atom stereocenters. The van der Waals surface area contributed by atoms with Crippen LogP contribution < -0.4 is 11.1 Å². The van der Waals surface area contributed by atoms with Crippen LogP contribution in [0.3, 0.4) is 0 Å². The summed E-state index contributed by atoms with van der Waals surface area (Å²) in [4.78, 5) is 0. The van der Waals surface area contributed by atoms with Crippen LogP contribution in [-0.2, 0) is 0 Å². The molecule has 3 N–H and O–H groups in total. The van der Waals surface area contributed by atoms with Crippen LogP contribution >= 0.6 is 0 Å². The fourth-order valence-corrected chi connectivity index (χ4v) is 3.69. The van der Waals surface area contributed by atoms with E-state index in [1.165, 1.54) is 32.2 Å². The summed E-state index contributed by atoms with van der Waals surface area (Å²) in [6.07, 6.45) is 5.34. The smallest absolute Gasteiger partial charge is 0.0309 e. The van der Waals surface area contributed by atoms with Crippen LogP contribution in [0.1, 0.15) is 46.5 Å². The van der Waals surface area contributed by atoms with Crippen molar-refractivity contribution in [2.45, 2.75) is 52.0 Å². The van der Waals surface area contributed by atoms with Crippen molar-refractivity contribution in [3.63, 3.8) is 0 Å². The van der Waals surface area contributed by atoms with Crippen molar-refractivity contribution in [1.82, 2.24) is 5.32 Å². The van der Waals surface area contributed by atoms with Crippen LogP contribution in [0.4, 0.5) is 0 Å². The van der Waals surface area contributed by atoms with Crippen molar-refractivity contribution < 1.29 is 0 Å². The van der Waals surface area contributed by atoms with Crippen molar-refractivity contribution in [3.8, 4) is 0 Å². The second-order valence-electron chi connectivity index (χ2n) is 6.69. The lowest BCUT2D eigenvalue weighted by Gasteiger charge is -2.43. The number of hydrogen-bond acceptors (Lipinski definition) is 2. The zero-order valence-electron chi connectivity index (χ0n) is 11.1. The molecule has 0 saturated heterocycles. The van der Waals surface area contributed by atoms with Crippen molar-refractivity contribution >= 4 is 0 Å². The molecule has 2 rings (SSSR count). The van der Waals surface area contributed by atoms with E-state index in [1.807, 2.05) is 0 Å². The molecule has 2 saturated carbocycles. The molecule has 4 unspecified atom stereocenters. The maximum atomic E-state index is 6.04. The maximum absolute atomic E-state index is 6.04. The van der Waals surface area contributed by atoms with Gasteiger partial charge in [-0.1, -0.05) is 20.8 Å². The highest BCUT2D eigenvalue weighted by Gasteiger charge is 2.39. The van der Waals surface area contributed by atoms with E-state index in [2.05, 4.69) is 26.1 Å². The number of hydrogen-bond donors (Lipinski definition) is 2. The van der Waals surface area contributed by atoms with E-state index in [9.17, 15) is 0 Å². The quantitative estimate of drug-likeness (QED) is 0.769. The van der Waals surface area contributed by atoms with Gasteiger partial charge in [-0.05, 0) is 55.9 Å². The minimum atomic E-state index is 0.249. The molecule has 2 aliphatic carbocycles. The Morgan fingerprint density at radius 3 is 2.12 bits per heavy atom. The number of rotatable bonds is 4. The summed E-state index contributed by atoms with van der Waals surface area (Å²) in [6, 6.07) is 0. The summed E-state index contributed by atoms with van der Waals surface area (Å²) < 4.78 is 0. The van der Waals surface area contributed by atoms with E-state index in [1.54, 1.807) is 0 Å². The van der Waals surface area contributed by atoms with Crippen molar-refractivity contribution in [1.29, 1.82) is 0 Å². The van der Waals surface area contributed by atoms with E-state index >= 15 is 0 Å². The summed E-state index contributed by atoms with van der Waals surface area (Å²) in [6.45, 7) is 9.11. The first kappa shape index (κ1) is 12.4. The molecule has 16 heavy (non-hydrogen) atoms. The maximum Gasteiger partial charge on any atom is 0.0309 e. The molecular formula is C14H28N2. The lowest BCUT2D eigenvalue weighted by Crippen LogP contribution is -2.55. The molecule has 2 heteroatoms. The van der Waals surface area contributed by atoms with Gasteiger partial charge < -0.3 is 11.1 Å². The third-order valence-corrected chi connectivity index (χ3v) is 4.69. The zero-order chi connectivity index (χ0) is 11.8. The van der Waals surface area contributed by atoms with E-state index < -0.39 is 0 Å². The lowest BCUT2D eigenvalue weighted by atomic mass is 9.71. The topological polar surface area (TPSA) is 38.0 Å². The second-order valence-corrected chi connectivity index (χ2v) is 6.69. The van der Waals surface area contributed by atoms with Gasteiger partial charge >= 0.3 is 0 Å². The molecule has 0 radical (unpaired) electrons. The van der Waals surface area contributed by atoms with Gasteiger partial charge in [-0.3, -0.25) is 0 Å². The third-order valence-electron chi connectivity index (χ3n) is 4.69. The van der Waals surface area contributed by atoms with Gasteiger partial charge in [-0.25, -0.2) is 0 Å². The van der Waals surface area contributed by atoms with Crippen molar-refractivity contribution in [2.24, 2.45) is 29.4 Å². The van der Waals surface area contributed by atoms with Gasteiger partial charge in [-0.2, -0.15) is 0 Å². The van der Waals surface area contributed by atoms with Gasteiger partial charge in [0.1, 0.15) is 0 Å². The van der Waals surface area contributed by atoms with E-state index in [0.29, 0.717) is 0 Å². The molecule has 0 heterocycles. The molecule has 0 aromatic heterocycles. The normalized spacial score (nSPS) is 48.0. The molecule has 0 spiro atoms. The summed E-state index contributed by atoms with van der Waals surface area (Å²) in [7, 11) is 0. The first-order chi connectivity index (χ1) is 7.54. The Kier molecular flexibility index (Phi) is 3.60. The van der Waals surface area contributed by atoms with Crippen LogP contribution in [0.25, 0.3) is 0 Å². The molecule has 0 aromatic rings. The average molecular weight is 224 g/mol. The highest BCUT2D eigenvalue weighted by molar-refractivity contribution is 4.97. The molecule has 0 aliphatic heterocycles. The minimum absolute atomic E-state index is 0.249. The molecule has 0 bridgehead atoms. The lowest BCUT2D eigenvalue weighted by molar-refractivity contribution is 0.148. The molecule has 2 fully saturated rings. The van der Waals surface area contributed by atoms with Gasteiger partial charge in [0, 0.05) is 12.1 Å². The van der Waals surface area contributed by atoms with Gasteiger partial charge in [0.2, 0.25) is 0 Å². The van der Waals surface area contributed by atoms with Crippen LogP contribution in [0.5, 0.6) is 0 Å². The molecular weight excluding hydrogens is 196 g/mol. The van der Waals surface area contributed by atoms with Gasteiger partial charge in [0.15, 0.2) is 0 Å². The molecule has 0 aromatic carbocycles. The van der Waals surface area contributed by atoms with Crippen molar-refractivity contribution in [2.75, 3.05) is 13.1 Å². The third kappa shape index (κ3) is 2.78. The van der Waals surface area contributed by atoms with Crippen LogP contribution in [0.2, 0.25) is 0 Å². The first-order valence-corrected chi connectivity index (χ1v) is 7.00. The minimum Gasteiger partial charge on any atom is -0.329 e. The van der Waals surface area contributed by atoms with Gasteiger partial charge in [0.05, 0.1) is 0 Å². The molecule has 94 valence electrons. The highest BCUT2D eigenvalue weighted by atomic mass is 15.0. The second kappa shape index (κ2) is 4.66. The molecule has 2 aliphatic rings. The Labute approximate surface area is 100 Å². The summed E-state index contributed by atoms with van der Waals surface area (Å²) >= 11 is 0. The van der Waals surface area contributed by atoms with E-state index in [0.717, 1.165) is 30.2 Å². The number of nitrogens with one attached hydrogen (secondary N) is 1. The monoisotopic (exact) mass is 224 g/mol. The predicted octanol–water partition coefficient (Wildman–Crippen LogP) is 2.39. The zero-order valence-corrected chi connectivity index (χ0v) is 11.1. The summed E-state index contributed by atoms with van der Waals surface area (Å²) in [5.74, 6) is 3.53. The fraction of sp³-hybridized carbons (Fsp3) is 1.00. The average Bonchev–Trinajstić information content (AvgIpc) is 2.90. The standard InChI is InChI=1S/C14H28N2/c1-10-4-11(2)7-14(6-10,9-15)16-8-13-5-12(13)3/h10-13,16H,4-9,15H2,1-3H3. The Bertz CT molecular complexity index is 229. The Morgan fingerprint density at radius 1 is 1.12 bits per heavy atom. The molecule has 0 amide bonds. The van der Waals surface area contributed by atoms with Gasteiger partial charge in [0.25, 0.3) is 0 Å². The largest absolute Gasteiger partial charge is 0.329 e. The predicted molar refractivity (Wildman–Crippen MR) is 69.2 cm³/mol. The molecule has 2 nitrogen and oxygen atoms in total. The van der Waals surface area contributed by atoms with E-state index in [-0.39, 0.29) is 5.54 Å². The fourth-order valence-electron chi connectivity index (χ4n) is 3.69. The Hall–Kier alpha value is -0.0800. The first-order valence-electron chi connectivity index (χ1n) is 7.00. The van der Waals surface area contributed by atoms with Crippen LogP contribution in [-0.4, -0.2) is 18.6 Å². The van der Waals surface area contributed by atoms with Crippen molar-refractivity contribution in [3.05, 3.63) is 0 Å². The van der Waals surface area contributed by atoms with Gasteiger partial charge in [-0.15, -0.1) is 0 Å². The van der Waals surface area contributed by atoms with Crippen LogP contribution in [0.15, 0.2) is 0 Å². The SMILES string of the molecule is CC1CC(C)CC(CN)(NCC2CC2C)C1. The summed E-state index contributed by atoms with van der Waals surface area (Å²) in [5.41, 5.74) is 6.29. The summed E-state index contributed by atoms with van der Waals surface area (Å²) in [5, 5.41) is 3.81. The Morgan fingerprint density at radius 2 is 1.69 bits per heavy atom. The van der Waals surface area contributed by atoms with E-state index in [4.69, 9.17) is 5.73 Å². The highest BCUT2D eigenvalue weighted by Crippen LogP contribution is 2.39. The van der Waals surface area contributed by atoms with Crippen LogP contribution in [0, 0.1) is 23.7 Å². The Balaban J connectivity index is 1.89. The number of nitrogens with two attached hydrogens (primary N) is 1.